The summed E-state index contributed by atoms with van der Waals surface area (Å²) in [5.41, 5.74) is 7.91. The first-order valence-corrected chi connectivity index (χ1v) is 6.08. The first kappa shape index (κ1) is 12.3. The summed E-state index contributed by atoms with van der Waals surface area (Å²) in [7, 11) is 0. The van der Waals surface area contributed by atoms with E-state index in [0.717, 1.165) is 15.4 Å². The molecule has 6 heteroatoms. The van der Waals surface area contributed by atoms with E-state index in [4.69, 9.17) is 11.1 Å². The normalized spacial score (nSPS) is 10.0. The molecule has 1 amide bonds. The third-order valence-electron chi connectivity index (χ3n) is 2.40. The van der Waals surface area contributed by atoms with Gasteiger partial charge in [0, 0.05) is 34.1 Å². The van der Waals surface area contributed by atoms with Crippen molar-refractivity contribution in [3.63, 3.8) is 0 Å². The monoisotopic (exact) mass is 260 g/mol. The first-order chi connectivity index (χ1) is 8.74. The highest BCUT2D eigenvalue weighted by atomic mass is 32.1. The number of rotatable bonds is 5. The fourth-order valence-corrected chi connectivity index (χ4v) is 2.36. The van der Waals surface area contributed by atoms with Crippen molar-refractivity contribution < 1.29 is 4.79 Å². The van der Waals surface area contributed by atoms with E-state index < -0.39 is 0 Å². The van der Waals surface area contributed by atoms with Gasteiger partial charge in [-0.3, -0.25) is 4.79 Å². The zero-order chi connectivity index (χ0) is 13.0. The lowest BCUT2D eigenvalue weighted by atomic mass is 10.1. The van der Waals surface area contributed by atoms with Crippen molar-refractivity contribution in [2.24, 2.45) is 0 Å². The molecule has 92 valence electrons. The van der Waals surface area contributed by atoms with Gasteiger partial charge in [0.2, 0.25) is 6.41 Å². The summed E-state index contributed by atoms with van der Waals surface area (Å²) < 4.78 is 0. The minimum atomic E-state index is 0.480. The summed E-state index contributed by atoms with van der Waals surface area (Å²) >= 11 is 1.50. The standard InChI is InChI=1S/C12H12N4OS/c13-4-9-3-8(1-2-11(9)14)12-16-6-10(18-12)5-15-7-17/h1-4,6-7,13H,5,14H2,(H,15,17). The molecule has 1 aromatic heterocycles. The lowest BCUT2D eigenvalue weighted by Crippen LogP contribution is -2.07. The maximum absolute atomic E-state index is 10.2. The average molecular weight is 260 g/mol. The van der Waals surface area contributed by atoms with Crippen molar-refractivity contribution in [2.45, 2.75) is 6.54 Å². The molecule has 0 radical (unpaired) electrons. The number of anilines is 1. The molecule has 1 aromatic carbocycles. The highest BCUT2D eigenvalue weighted by molar-refractivity contribution is 7.15. The van der Waals surface area contributed by atoms with E-state index in [1.807, 2.05) is 12.1 Å². The molecule has 2 aromatic rings. The van der Waals surface area contributed by atoms with Crippen LogP contribution in [0.5, 0.6) is 0 Å². The average Bonchev–Trinajstić information content (AvgIpc) is 2.85. The van der Waals surface area contributed by atoms with Crippen LogP contribution in [0.25, 0.3) is 10.6 Å². The Morgan fingerprint density at radius 2 is 2.33 bits per heavy atom. The summed E-state index contributed by atoms with van der Waals surface area (Å²) in [5.74, 6) is 0. The topological polar surface area (TPSA) is 91.9 Å². The molecule has 0 spiro atoms. The number of carbonyl (C=O) groups excluding carboxylic acids is 1. The zero-order valence-electron chi connectivity index (χ0n) is 9.51. The molecule has 5 nitrogen and oxygen atoms in total. The van der Waals surface area contributed by atoms with Gasteiger partial charge in [-0.15, -0.1) is 11.3 Å². The van der Waals surface area contributed by atoms with Gasteiger partial charge in [0.25, 0.3) is 0 Å². The second kappa shape index (κ2) is 5.42. The number of nitrogens with zero attached hydrogens (tertiary/aromatic N) is 1. The van der Waals surface area contributed by atoms with Crippen molar-refractivity contribution in [3.05, 3.63) is 34.8 Å². The fourth-order valence-electron chi connectivity index (χ4n) is 1.50. The van der Waals surface area contributed by atoms with E-state index in [-0.39, 0.29) is 0 Å². The van der Waals surface area contributed by atoms with E-state index in [2.05, 4.69) is 10.3 Å². The number of nitrogens with one attached hydrogen (secondary N) is 2. The number of thiazole rings is 1. The Labute approximate surface area is 108 Å². The van der Waals surface area contributed by atoms with Gasteiger partial charge in [0.1, 0.15) is 5.01 Å². The highest BCUT2D eigenvalue weighted by Gasteiger charge is 2.06. The number of hydrogen-bond donors (Lipinski definition) is 3. The number of nitrogens with two attached hydrogens (primary N) is 1. The SMILES string of the molecule is N=Cc1cc(-c2ncc(CNC=O)s2)ccc1N. The van der Waals surface area contributed by atoms with E-state index in [1.54, 1.807) is 12.3 Å². The lowest BCUT2D eigenvalue weighted by Gasteiger charge is -2.01. The van der Waals surface area contributed by atoms with Crippen LogP contribution in [0.4, 0.5) is 5.69 Å². The summed E-state index contributed by atoms with van der Waals surface area (Å²) in [5, 5.41) is 10.7. The molecule has 0 atom stereocenters. The van der Waals surface area contributed by atoms with Crippen molar-refractivity contribution in [3.8, 4) is 10.6 Å². The Morgan fingerprint density at radius 3 is 3.06 bits per heavy atom. The van der Waals surface area contributed by atoms with Crippen LogP contribution in [0.2, 0.25) is 0 Å². The number of benzene rings is 1. The Bertz CT molecular complexity index is 579. The van der Waals surface area contributed by atoms with E-state index in [9.17, 15) is 4.79 Å². The first-order valence-electron chi connectivity index (χ1n) is 5.26. The molecule has 0 unspecified atom stereocenters. The fraction of sp³-hybridized carbons (Fsp3) is 0.0833. The van der Waals surface area contributed by atoms with E-state index >= 15 is 0 Å². The molecular weight excluding hydrogens is 248 g/mol. The molecular formula is C12H12N4OS. The molecule has 0 saturated carbocycles. The predicted octanol–water partition coefficient (Wildman–Crippen LogP) is 1.64. The molecule has 2 rings (SSSR count). The maximum atomic E-state index is 10.2. The van der Waals surface area contributed by atoms with Crippen molar-refractivity contribution in [2.75, 3.05) is 5.73 Å². The minimum absolute atomic E-state index is 0.480. The number of nitrogen functional groups attached to an aromatic ring is 1. The van der Waals surface area contributed by atoms with Gasteiger partial charge in [0.05, 0.1) is 6.54 Å². The smallest absolute Gasteiger partial charge is 0.207 e. The summed E-state index contributed by atoms with van der Waals surface area (Å²) in [6.07, 6.45) is 3.62. The third-order valence-corrected chi connectivity index (χ3v) is 3.45. The molecule has 0 aliphatic heterocycles. The lowest BCUT2D eigenvalue weighted by molar-refractivity contribution is -0.109. The van der Waals surface area contributed by atoms with Crippen LogP contribution in [0.15, 0.2) is 24.4 Å². The van der Waals surface area contributed by atoms with E-state index in [1.165, 1.54) is 17.6 Å². The van der Waals surface area contributed by atoms with Gasteiger partial charge < -0.3 is 16.5 Å². The summed E-state index contributed by atoms with van der Waals surface area (Å²) in [6.45, 7) is 0.480. The second-order valence-corrected chi connectivity index (χ2v) is 4.73. The summed E-state index contributed by atoms with van der Waals surface area (Å²) in [4.78, 5) is 15.5. The van der Waals surface area contributed by atoms with Crippen LogP contribution in [0, 0.1) is 5.41 Å². The Morgan fingerprint density at radius 1 is 1.50 bits per heavy atom. The highest BCUT2D eigenvalue weighted by Crippen LogP contribution is 2.27. The molecule has 18 heavy (non-hydrogen) atoms. The number of aromatic nitrogens is 1. The number of carbonyl (C=O) groups is 1. The third kappa shape index (κ3) is 2.54. The van der Waals surface area contributed by atoms with Crippen LogP contribution in [0.3, 0.4) is 0 Å². The van der Waals surface area contributed by atoms with Crippen LogP contribution in [0.1, 0.15) is 10.4 Å². The minimum Gasteiger partial charge on any atom is -0.398 e. The van der Waals surface area contributed by atoms with Gasteiger partial charge in [-0.2, -0.15) is 0 Å². The van der Waals surface area contributed by atoms with Crippen LogP contribution >= 0.6 is 11.3 Å². The Hall–Kier alpha value is -2.21. The van der Waals surface area contributed by atoms with Crippen molar-refractivity contribution in [1.82, 2.24) is 10.3 Å². The molecule has 0 aliphatic carbocycles. The van der Waals surface area contributed by atoms with Gasteiger partial charge in [0.15, 0.2) is 0 Å². The molecule has 0 saturated heterocycles. The van der Waals surface area contributed by atoms with E-state index in [0.29, 0.717) is 24.2 Å². The van der Waals surface area contributed by atoms with Gasteiger partial charge in [-0.05, 0) is 18.2 Å². The van der Waals surface area contributed by atoms with Crippen molar-refractivity contribution in [1.29, 1.82) is 5.41 Å². The Balaban J connectivity index is 2.28. The molecule has 1 heterocycles. The quantitative estimate of drug-likeness (QED) is 0.433. The summed E-state index contributed by atoms with van der Waals surface area (Å²) in [6, 6.07) is 5.47. The van der Waals surface area contributed by atoms with Gasteiger partial charge >= 0.3 is 0 Å². The van der Waals surface area contributed by atoms with Gasteiger partial charge in [-0.25, -0.2) is 4.98 Å². The second-order valence-electron chi connectivity index (χ2n) is 3.62. The Kier molecular flexibility index (Phi) is 3.69. The van der Waals surface area contributed by atoms with Crippen LogP contribution in [-0.4, -0.2) is 17.6 Å². The van der Waals surface area contributed by atoms with Crippen LogP contribution in [-0.2, 0) is 11.3 Å². The molecule has 0 bridgehead atoms. The molecule has 0 fully saturated rings. The predicted molar refractivity (Wildman–Crippen MR) is 72.8 cm³/mol. The zero-order valence-corrected chi connectivity index (χ0v) is 10.3. The number of hydrogen-bond acceptors (Lipinski definition) is 5. The van der Waals surface area contributed by atoms with Gasteiger partial charge in [-0.1, -0.05) is 0 Å². The maximum Gasteiger partial charge on any atom is 0.207 e. The molecule has 4 N–H and O–H groups in total. The largest absolute Gasteiger partial charge is 0.398 e. The number of amides is 1. The van der Waals surface area contributed by atoms with Crippen LogP contribution < -0.4 is 11.1 Å². The molecule has 0 aliphatic rings. The van der Waals surface area contributed by atoms with Crippen molar-refractivity contribution >= 4 is 29.6 Å².